The maximum Gasteiger partial charge on any atom is 0 e. The Bertz CT molecular complexity index is 314. The summed E-state index contributed by atoms with van der Waals surface area (Å²) in [5, 5.41) is 0. The van der Waals surface area contributed by atoms with Crippen molar-refractivity contribution < 1.29 is 18.6 Å². The van der Waals surface area contributed by atoms with Gasteiger partial charge in [-0.2, -0.15) is 0 Å². The third kappa shape index (κ3) is 3.77. The summed E-state index contributed by atoms with van der Waals surface area (Å²) in [6.07, 6.45) is 26.7. The molecule has 1 radical (unpaired) electrons. The molecular formula is C18H24V. The van der Waals surface area contributed by atoms with Crippen LogP contribution in [0.3, 0.4) is 0 Å². The van der Waals surface area contributed by atoms with E-state index in [9.17, 15) is 0 Å². The van der Waals surface area contributed by atoms with Crippen molar-refractivity contribution in [3.05, 3.63) is 48.6 Å². The van der Waals surface area contributed by atoms with E-state index in [1.807, 2.05) is 0 Å². The maximum atomic E-state index is 2.36. The predicted octanol–water partition coefficient (Wildman–Crippen LogP) is 5.05. The number of fused-ring (bicyclic) bond motifs is 2. The van der Waals surface area contributed by atoms with Gasteiger partial charge < -0.3 is 0 Å². The molecule has 0 saturated heterocycles. The smallest absolute Gasteiger partial charge is 0 e. The van der Waals surface area contributed by atoms with Crippen molar-refractivity contribution in [1.29, 1.82) is 0 Å². The fourth-order valence-electron chi connectivity index (χ4n) is 3.82. The normalized spacial score (nSPS) is 37.1. The standard InChI is InChI=1S/2C9H12.V/c2*1-2-5-9-7-3-6-8(9)4-1;/h2*1-2,4-5,8-9H,3,6-7H2;. The molecular weight excluding hydrogens is 267 g/mol. The summed E-state index contributed by atoms with van der Waals surface area (Å²) in [6.45, 7) is 0. The van der Waals surface area contributed by atoms with Crippen LogP contribution in [-0.4, -0.2) is 0 Å². The van der Waals surface area contributed by atoms with Crippen molar-refractivity contribution >= 4 is 0 Å². The van der Waals surface area contributed by atoms with Gasteiger partial charge in [0.2, 0.25) is 0 Å². The van der Waals surface area contributed by atoms with Crippen LogP contribution in [0.1, 0.15) is 38.5 Å². The zero-order valence-electron chi connectivity index (χ0n) is 11.6. The van der Waals surface area contributed by atoms with Gasteiger partial charge in [0.15, 0.2) is 0 Å². The number of allylic oxidation sites excluding steroid dienone is 8. The molecule has 0 N–H and O–H groups in total. The van der Waals surface area contributed by atoms with E-state index < -0.39 is 0 Å². The first-order chi connectivity index (χ1) is 8.93. The molecule has 101 valence electrons. The molecule has 0 nitrogen and oxygen atoms in total. The van der Waals surface area contributed by atoms with Gasteiger partial charge in [0.25, 0.3) is 0 Å². The van der Waals surface area contributed by atoms with E-state index >= 15 is 0 Å². The monoisotopic (exact) mass is 291 g/mol. The molecule has 1 heteroatoms. The van der Waals surface area contributed by atoms with Crippen LogP contribution in [0.15, 0.2) is 48.6 Å². The summed E-state index contributed by atoms with van der Waals surface area (Å²) in [5.74, 6) is 3.59. The minimum absolute atomic E-state index is 0. The van der Waals surface area contributed by atoms with Gasteiger partial charge in [-0.3, -0.25) is 0 Å². The first kappa shape index (κ1) is 14.9. The van der Waals surface area contributed by atoms with E-state index in [4.69, 9.17) is 0 Å². The van der Waals surface area contributed by atoms with E-state index in [0.717, 1.165) is 23.7 Å². The summed E-state index contributed by atoms with van der Waals surface area (Å²) in [6, 6.07) is 0. The van der Waals surface area contributed by atoms with Gasteiger partial charge in [-0.1, -0.05) is 61.4 Å². The third-order valence-corrected chi connectivity index (χ3v) is 4.91. The Hall–Kier alpha value is -0.456. The SMILES string of the molecule is C1=CC2CCCC2C=C1.C1=CC2CCCC2C=C1.[V]. The Morgan fingerprint density at radius 3 is 1.00 bits per heavy atom. The Morgan fingerprint density at radius 2 is 0.737 bits per heavy atom. The van der Waals surface area contributed by atoms with Crippen LogP contribution in [-0.2, 0) is 18.6 Å². The van der Waals surface area contributed by atoms with Gasteiger partial charge in [0.1, 0.15) is 0 Å². The molecule has 0 aliphatic heterocycles. The van der Waals surface area contributed by atoms with Crippen molar-refractivity contribution in [3.8, 4) is 0 Å². The molecule has 0 aromatic rings. The first-order valence-electron chi connectivity index (χ1n) is 7.63. The molecule has 2 fully saturated rings. The van der Waals surface area contributed by atoms with Crippen LogP contribution in [0.2, 0.25) is 0 Å². The number of rotatable bonds is 0. The van der Waals surface area contributed by atoms with Gasteiger partial charge in [-0.15, -0.1) is 0 Å². The van der Waals surface area contributed by atoms with E-state index in [1.54, 1.807) is 0 Å². The molecule has 4 aliphatic rings. The van der Waals surface area contributed by atoms with Crippen LogP contribution in [0.25, 0.3) is 0 Å². The Labute approximate surface area is 129 Å². The predicted molar refractivity (Wildman–Crippen MR) is 78.2 cm³/mol. The average Bonchev–Trinajstić information content (AvgIpc) is 3.08. The molecule has 2 saturated carbocycles. The third-order valence-electron chi connectivity index (χ3n) is 4.91. The van der Waals surface area contributed by atoms with E-state index in [0.29, 0.717) is 0 Å². The Kier molecular flexibility index (Phi) is 5.79. The fraction of sp³-hybridized carbons (Fsp3) is 0.556. The van der Waals surface area contributed by atoms with Crippen LogP contribution >= 0.6 is 0 Å². The second-order valence-corrected chi connectivity index (χ2v) is 6.06. The van der Waals surface area contributed by atoms with E-state index in [1.165, 1.54) is 38.5 Å². The topological polar surface area (TPSA) is 0 Å². The van der Waals surface area contributed by atoms with E-state index in [-0.39, 0.29) is 18.6 Å². The molecule has 4 unspecified atom stereocenters. The van der Waals surface area contributed by atoms with Crippen LogP contribution in [0, 0.1) is 23.7 Å². The molecule has 0 aromatic carbocycles. The molecule has 0 spiro atoms. The van der Waals surface area contributed by atoms with Gasteiger partial charge >= 0.3 is 0 Å². The summed E-state index contributed by atoms with van der Waals surface area (Å²) >= 11 is 0. The maximum absolute atomic E-state index is 2.36. The van der Waals surface area contributed by atoms with Crippen LogP contribution in [0.5, 0.6) is 0 Å². The molecule has 4 rings (SSSR count). The van der Waals surface area contributed by atoms with Crippen molar-refractivity contribution in [1.82, 2.24) is 0 Å². The molecule has 19 heavy (non-hydrogen) atoms. The molecule has 4 atom stereocenters. The second-order valence-electron chi connectivity index (χ2n) is 6.06. The molecule has 0 heterocycles. The quantitative estimate of drug-likeness (QED) is 0.585. The minimum Gasteiger partial charge on any atom is -0.0808 e. The van der Waals surface area contributed by atoms with Crippen molar-refractivity contribution in [3.63, 3.8) is 0 Å². The van der Waals surface area contributed by atoms with Gasteiger partial charge in [0.05, 0.1) is 0 Å². The van der Waals surface area contributed by atoms with Gasteiger partial charge in [-0.25, -0.2) is 0 Å². The molecule has 4 aliphatic carbocycles. The zero-order valence-corrected chi connectivity index (χ0v) is 13.0. The fourth-order valence-corrected chi connectivity index (χ4v) is 3.82. The average molecular weight is 291 g/mol. The summed E-state index contributed by atoms with van der Waals surface area (Å²) in [5.41, 5.74) is 0. The first-order valence-corrected chi connectivity index (χ1v) is 7.63. The van der Waals surface area contributed by atoms with Crippen LogP contribution < -0.4 is 0 Å². The summed E-state index contributed by atoms with van der Waals surface area (Å²) in [7, 11) is 0. The van der Waals surface area contributed by atoms with Crippen molar-refractivity contribution in [2.24, 2.45) is 23.7 Å². The van der Waals surface area contributed by atoms with Gasteiger partial charge in [0, 0.05) is 18.6 Å². The number of hydrogen-bond donors (Lipinski definition) is 0. The Morgan fingerprint density at radius 1 is 0.474 bits per heavy atom. The number of hydrogen-bond acceptors (Lipinski definition) is 0. The van der Waals surface area contributed by atoms with Crippen molar-refractivity contribution in [2.75, 3.05) is 0 Å². The Balaban J connectivity index is 0.000000133. The van der Waals surface area contributed by atoms with Gasteiger partial charge in [-0.05, 0) is 49.4 Å². The van der Waals surface area contributed by atoms with Crippen LogP contribution in [0.4, 0.5) is 0 Å². The zero-order chi connectivity index (χ0) is 12.2. The molecule has 0 bridgehead atoms. The van der Waals surface area contributed by atoms with E-state index in [2.05, 4.69) is 48.6 Å². The second kappa shape index (κ2) is 7.36. The largest absolute Gasteiger partial charge is 0.0808 e. The minimum atomic E-state index is 0. The molecule has 0 amide bonds. The summed E-state index contributed by atoms with van der Waals surface area (Å²) < 4.78 is 0. The molecule has 0 aromatic heterocycles. The van der Waals surface area contributed by atoms with Crippen molar-refractivity contribution in [2.45, 2.75) is 38.5 Å². The summed E-state index contributed by atoms with van der Waals surface area (Å²) in [4.78, 5) is 0.